The summed E-state index contributed by atoms with van der Waals surface area (Å²) in [6.07, 6.45) is 1.39. The van der Waals surface area contributed by atoms with E-state index in [2.05, 4.69) is 15.5 Å². The third-order valence-electron chi connectivity index (χ3n) is 3.04. The Bertz CT molecular complexity index is 854. The van der Waals surface area contributed by atoms with Crippen molar-refractivity contribution in [3.05, 3.63) is 65.7 Å². The molecule has 0 aliphatic rings. The molecular weight excluding hydrogens is 314 g/mol. The Morgan fingerprint density at radius 3 is 2.75 bits per heavy atom. The lowest BCUT2D eigenvalue weighted by Gasteiger charge is -2.09. The van der Waals surface area contributed by atoms with Crippen molar-refractivity contribution in [3.8, 4) is 0 Å². The van der Waals surface area contributed by atoms with E-state index in [9.17, 15) is 9.59 Å². The summed E-state index contributed by atoms with van der Waals surface area (Å²) in [7, 11) is 0. The standard InChI is InChI=1S/C16H13N3O5/c1-10-17-14(24-19-10)9-23-16(21)11-5-2-3-6-12(11)18-15(20)13-7-4-8-22-13/h2-8H,9H2,1H3,(H,18,20). The molecule has 122 valence electrons. The van der Waals surface area contributed by atoms with Crippen LogP contribution in [-0.4, -0.2) is 22.0 Å². The number of nitrogens with zero attached hydrogens (tertiary/aromatic N) is 2. The highest BCUT2D eigenvalue weighted by Gasteiger charge is 2.17. The number of hydrogen-bond donors (Lipinski definition) is 1. The summed E-state index contributed by atoms with van der Waals surface area (Å²) in [4.78, 5) is 28.2. The first-order valence-corrected chi connectivity index (χ1v) is 7.03. The van der Waals surface area contributed by atoms with Crippen LogP contribution in [0.2, 0.25) is 0 Å². The highest BCUT2D eigenvalue weighted by molar-refractivity contribution is 6.06. The minimum atomic E-state index is -0.624. The third-order valence-corrected chi connectivity index (χ3v) is 3.04. The molecule has 0 bridgehead atoms. The summed E-state index contributed by atoms with van der Waals surface area (Å²) in [6.45, 7) is 1.51. The van der Waals surface area contributed by atoms with Crippen molar-refractivity contribution in [2.45, 2.75) is 13.5 Å². The number of hydrogen-bond acceptors (Lipinski definition) is 7. The molecule has 0 spiro atoms. The van der Waals surface area contributed by atoms with E-state index < -0.39 is 11.9 Å². The van der Waals surface area contributed by atoms with Gasteiger partial charge in [-0.25, -0.2) is 4.79 Å². The molecule has 1 amide bonds. The van der Waals surface area contributed by atoms with E-state index in [4.69, 9.17) is 13.7 Å². The molecule has 0 atom stereocenters. The van der Waals surface area contributed by atoms with Crippen LogP contribution in [0.25, 0.3) is 0 Å². The van der Waals surface area contributed by atoms with Crippen molar-refractivity contribution in [1.82, 2.24) is 10.1 Å². The maximum Gasteiger partial charge on any atom is 0.340 e. The van der Waals surface area contributed by atoms with Gasteiger partial charge in [0.15, 0.2) is 18.2 Å². The third kappa shape index (κ3) is 3.49. The number of esters is 1. The van der Waals surface area contributed by atoms with E-state index >= 15 is 0 Å². The molecule has 24 heavy (non-hydrogen) atoms. The molecule has 0 radical (unpaired) electrons. The van der Waals surface area contributed by atoms with Crippen LogP contribution >= 0.6 is 0 Å². The molecule has 0 saturated carbocycles. The van der Waals surface area contributed by atoms with E-state index in [-0.39, 0.29) is 23.8 Å². The second-order valence-corrected chi connectivity index (χ2v) is 4.79. The van der Waals surface area contributed by atoms with E-state index in [0.717, 1.165) is 0 Å². The van der Waals surface area contributed by atoms with Crippen LogP contribution in [0, 0.1) is 6.92 Å². The molecule has 8 nitrogen and oxygen atoms in total. The summed E-state index contributed by atoms with van der Waals surface area (Å²) >= 11 is 0. The number of furan rings is 1. The zero-order chi connectivity index (χ0) is 16.9. The second kappa shape index (κ2) is 6.78. The average molecular weight is 327 g/mol. The van der Waals surface area contributed by atoms with Crippen LogP contribution in [0.3, 0.4) is 0 Å². The minimum absolute atomic E-state index is 0.138. The van der Waals surface area contributed by atoms with Gasteiger partial charge in [0.1, 0.15) is 0 Å². The maximum absolute atomic E-state index is 12.2. The molecule has 2 heterocycles. The van der Waals surface area contributed by atoms with Crippen LogP contribution in [0.15, 0.2) is 51.6 Å². The minimum Gasteiger partial charge on any atom is -0.459 e. The lowest BCUT2D eigenvalue weighted by Crippen LogP contribution is -2.15. The van der Waals surface area contributed by atoms with Gasteiger partial charge in [0, 0.05) is 0 Å². The Morgan fingerprint density at radius 1 is 1.21 bits per heavy atom. The first-order valence-electron chi connectivity index (χ1n) is 7.03. The van der Waals surface area contributed by atoms with Gasteiger partial charge in [-0.05, 0) is 31.2 Å². The largest absolute Gasteiger partial charge is 0.459 e. The van der Waals surface area contributed by atoms with Gasteiger partial charge in [-0.15, -0.1) is 0 Å². The van der Waals surface area contributed by atoms with E-state index in [0.29, 0.717) is 11.5 Å². The van der Waals surface area contributed by atoms with Crippen molar-refractivity contribution in [2.24, 2.45) is 0 Å². The van der Waals surface area contributed by atoms with Crippen molar-refractivity contribution >= 4 is 17.6 Å². The lowest BCUT2D eigenvalue weighted by atomic mass is 10.1. The number of aryl methyl sites for hydroxylation is 1. The highest BCUT2D eigenvalue weighted by atomic mass is 16.6. The number of benzene rings is 1. The van der Waals surface area contributed by atoms with Crippen LogP contribution in [0.5, 0.6) is 0 Å². The molecule has 0 aliphatic carbocycles. The summed E-state index contributed by atoms with van der Waals surface area (Å²) in [5.41, 5.74) is 0.513. The number of amides is 1. The van der Waals surface area contributed by atoms with Crippen LogP contribution < -0.4 is 5.32 Å². The molecule has 1 aromatic carbocycles. The fourth-order valence-corrected chi connectivity index (χ4v) is 1.97. The summed E-state index contributed by atoms with van der Waals surface area (Å²) in [5, 5.41) is 6.22. The van der Waals surface area contributed by atoms with E-state index in [1.165, 1.54) is 12.3 Å². The zero-order valence-electron chi connectivity index (χ0n) is 12.7. The highest BCUT2D eigenvalue weighted by Crippen LogP contribution is 2.18. The van der Waals surface area contributed by atoms with Crippen LogP contribution in [0.4, 0.5) is 5.69 Å². The number of nitrogens with one attached hydrogen (secondary N) is 1. The number of rotatable bonds is 5. The number of ether oxygens (including phenoxy) is 1. The first-order chi connectivity index (χ1) is 11.6. The molecule has 8 heteroatoms. The number of anilines is 1. The maximum atomic E-state index is 12.2. The SMILES string of the molecule is Cc1noc(COC(=O)c2ccccc2NC(=O)c2ccco2)n1. The van der Waals surface area contributed by atoms with Crippen LogP contribution in [0.1, 0.15) is 32.6 Å². The van der Waals surface area contributed by atoms with Gasteiger partial charge in [-0.1, -0.05) is 17.3 Å². The Kier molecular flexibility index (Phi) is 4.37. The van der Waals surface area contributed by atoms with Gasteiger partial charge >= 0.3 is 5.97 Å². The molecule has 0 fully saturated rings. The Labute approximate surface area is 136 Å². The van der Waals surface area contributed by atoms with E-state index in [1.807, 2.05) is 0 Å². The lowest BCUT2D eigenvalue weighted by molar-refractivity contribution is 0.0431. The Morgan fingerprint density at radius 2 is 2.04 bits per heavy atom. The number of para-hydroxylation sites is 1. The van der Waals surface area contributed by atoms with Crippen molar-refractivity contribution in [2.75, 3.05) is 5.32 Å². The molecule has 1 N–H and O–H groups in total. The predicted molar refractivity (Wildman–Crippen MR) is 81.3 cm³/mol. The molecule has 0 unspecified atom stereocenters. The number of carbonyl (C=O) groups excluding carboxylic acids is 2. The second-order valence-electron chi connectivity index (χ2n) is 4.79. The van der Waals surface area contributed by atoms with Gasteiger partial charge in [0.2, 0.25) is 0 Å². The summed E-state index contributed by atoms with van der Waals surface area (Å²) in [6, 6.07) is 9.61. The van der Waals surface area contributed by atoms with Gasteiger partial charge in [0.05, 0.1) is 17.5 Å². The van der Waals surface area contributed by atoms with Gasteiger partial charge in [-0.2, -0.15) is 4.98 Å². The smallest absolute Gasteiger partial charge is 0.340 e. The Hall–Kier alpha value is -3.42. The first kappa shape index (κ1) is 15.5. The normalized spacial score (nSPS) is 10.4. The fraction of sp³-hybridized carbons (Fsp3) is 0.125. The average Bonchev–Trinajstić information content (AvgIpc) is 3.25. The van der Waals surface area contributed by atoms with Gasteiger partial charge in [-0.3, -0.25) is 4.79 Å². The topological polar surface area (TPSA) is 107 Å². The zero-order valence-corrected chi connectivity index (χ0v) is 12.7. The number of aromatic nitrogens is 2. The molecule has 0 aliphatic heterocycles. The molecular formula is C16H13N3O5. The number of carbonyl (C=O) groups is 2. The monoisotopic (exact) mass is 327 g/mol. The summed E-state index contributed by atoms with van der Waals surface area (Å²) in [5.74, 6) is -0.307. The van der Waals surface area contributed by atoms with Gasteiger partial charge < -0.3 is 19.0 Å². The summed E-state index contributed by atoms with van der Waals surface area (Å²) < 4.78 is 15.0. The van der Waals surface area contributed by atoms with Gasteiger partial charge in [0.25, 0.3) is 11.8 Å². The van der Waals surface area contributed by atoms with Crippen molar-refractivity contribution < 1.29 is 23.3 Å². The fourth-order valence-electron chi connectivity index (χ4n) is 1.97. The predicted octanol–water partition coefficient (Wildman–Crippen LogP) is 2.58. The van der Waals surface area contributed by atoms with Crippen molar-refractivity contribution in [3.63, 3.8) is 0 Å². The van der Waals surface area contributed by atoms with Crippen LogP contribution in [-0.2, 0) is 11.3 Å². The van der Waals surface area contributed by atoms with Crippen molar-refractivity contribution in [1.29, 1.82) is 0 Å². The Balaban J connectivity index is 1.71. The molecule has 3 rings (SSSR count). The molecule has 2 aromatic heterocycles. The van der Waals surface area contributed by atoms with E-state index in [1.54, 1.807) is 37.3 Å². The molecule has 0 saturated heterocycles. The molecule has 3 aromatic rings. The quantitative estimate of drug-likeness (QED) is 0.717.